The van der Waals surface area contributed by atoms with Crippen LogP contribution >= 0.6 is 11.3 Å². The molecule has 0 fully saturated rings. The highest BCUT2D eigenvalue weighted by molar-refractivity contribution is 7.09. The fourth-order valence-corrected chi connectivity index (χ4v) is 3.74. The van der Waals surface area contributed by atoms with Crippen LogP contribution in [0.4, 0.5) is 0 Å². The van der Waals surface area contributed by atoms with E-state index in [0.29, 0.717) is 12.0 Å². The molecule has 94 valence electrons. The quantitative estimate of drug-likeness (QED) is 0.654. The van der Waals surface area contributed by atoms with Crippen molar-refractivity contribution in [2.75, 3.05) is 0 Å². The Balaban J connectivity index is 1.81. The zero-order chi connectivity index (χ0) is 12.4. The topological polar surface area (TPSA) is 38.0 Å². The SMILES string of the molecule is NNC(Cc1cccs1)C1CCc2ccccc21. The standard InChI is InChI=1S/C15H18N2S/c16-17-15(10-12-5-3-9-18-12)14-8-7-11-4-1-2-6-13(11)14/h1-6,9,14-15,17H,7-8,10,16H2. The molecule has 0 radical (unpaired) electrons. The first kappa shape index (κ1) is 11.9. The van der Waals surface area contributed by atoms with Crippen LogP contribution in [0, 0.1) is 0 Å². The van der Waals surface area contributed by atoms with Crippen LogP contribution in [0.25, 0.3) is 0 Å². The lowest BCUT2D eigenvalue weighted by molar-refractivity contribution is 0.436. The van der Waals surface area contributed by atoms with E-state index in [2.05, 4.69) is 47.2 Å². The second kappa shape index (κ2) is 5.22. The average Bonchev–Trinajstić information content (AvgIpc) is 3.05. The summed E-state index contributed by atoms with van der Waals surface area (Å²) in [5.74, 6) is 6.33. The lowest BCUT2D eigenvalue weighted by Gasteiger charge is -2.23. The summed E-state index contributed by atoms with van der Waals surface area (Å²) in [6.07, 6.45) is 3.41. The van der Waals surface area contributed by atoms with E-state index in [1.54, 1.807) is 0 Å². The first-order valence-electron chi connectivity index (χ1n) is 6.45. The smallest absolute Gasteiger partial charge is 0.0327 e. The van der Waals surface area contributed by atoms with Gasteiger partial charge in [0.2, 0.25) is 0 Å². The number of rotatable bonds is 4. The molecule has 3 N–H and O–H groups in total. The van der Waals surface area contributed by atoms with Crippen LogP contribution in [0.3, 0.4) is 0 Å². The zero-order valence-electron chi connectivity index (χ0n) is 10.3. The normalized spacial score (nSPS) is 19.7. The minimum atomic E-state index is 0.340. The Labute approximate surface area is 112 Å². The van der Waals surface area contributed by atoms with Crippen LogP contribution in [-0.2, 0) is 12.8 Å². The van der Waals surface area contributed by atoms with Crippen molar-refractivity contribution in [3.8, 4) is 0 Å². The van der Waals surface area contributed by atoms with Gasteiger partial charge in [0, 0.05) is 16.8 Å². The van der Waals surface area contributed by atoms with Gasteiger partial charge < -0.3 is 0 Å². The van der Waals surface area contributed by atoms with E-state index in [-0.39, 0.29) is 0 Å². The summed E-state index contributed by atoms with van der Waals surface area (Å²) < 4.78 is 0. The summed E-state index contributed by atoms with van der Waals surface area (Å²) in [5.41, 5.74) is 6.01. The van der Waals surface area contributed by atoms with Gasteiger partial charge in [-0.25, -0.2) is 0 Å². The average molecular weight is 258 g/mol. The molecule has 1 heterocycles. The van der Waals surface area contributed by atoms with Crippen LogP contribution < -0.4 is 11.3 Å². The predicted molar refractivity (Wildman–Crippen MR) is 76.6 cm³/mol. The van der Waals surface area contributed by atoms with Gasteiger partial charge in [-0.15, -0.1) is 11.3 Å². The van der Waals surface area contributed by atoms with Gasteiger partial charge in [-0.05, 0) is 41.8 Å². The van der Waals surface area contributed by atoms with Crippen molar-refractivity contribution >= 4 is 11.3 Å². The maximum Gasteiger partial charge on any atom is 0.0327 e. The van der Waals surface area contributed by atoms with Crippen molar-refractivity contribution in [1.29, 1.82) is 0 Å². The molecule has 1 aliphatic rings. The maximum absolute atomic E-state index is 5.78. The zero-order valence-corrected chi connectivity index (χ0v) is 11.1. The summed E-state index contributed by atoms with van der Waals surface area (Å²) >= 11 is 1.81. The molecule has 2 unspecified atom stereocenters. The molecular weight excluding hydrogens is 240 g/mol. The number of fused-ring (bicyclic) bond motifs is 1. The highest BCUT2D eigenvalue weighted by atomic mass is 32.1. The van der Waals surface area contributed by atoms with Gasteiger partial charge in [0.05, 0.1) is 0 Å². The van der Waals surface area contributed by atoms with E-state index in [1.807, 2.05) is 11.3 Å². The highest BCUT2D eigenvalue weighted by Gasteiger charge is 2.29. The molecule has 3 heteroatoms. The van der Waals surface area contributed by atoms with E-state index < -0.39 is 0 Å². The minimum absolute atomic E-state index is 0.340. The number of aryl methyl sites for hydroxylation is 1. The number of nitrogens with two attached hydrogens (primary N) is 1. The van der Waals surface area contributed by atoms with E-state index in [9.17, 15) is 0 Å². The molecule has 2 aromatic rings. The van der Waals surface area contributed by atoms with Crippen molar-refractivity contribution < 1.29 is 0 Å². The molecule has 0 spiro atoms. The third kappa shape index (κ3) is 2.21. The molecule has 0 aliphatic heterocycles. The highest BCUT2D eigenvalue weighted by Crippen LogP contribution is 2.36. The van der Waals surface area contributed by atoms with E-state index in [1.165, 1.54) is 28.8 Å². The van der Waals surface area contributed by atoms with Crippen LogP contribution in [0.5, 0.6) is 0 Å². The number of nitrogens with one attached hydrogen (secondary N) is 1. The van der Waals surface area contributed by atoms with E-state index >= 15 is 0 Å². The lowest BCUT2D eigenvalue weighted by atomic mass is 9.91. The van der Waals surface area contributed by atoms with Gasteiger partial charge in [0.25, 0.3) is 0 Å². The molecule has 2 atom stereocenters. The van der Waals surface area contributed by atoms with Crippen LogP contribution in [0.1, 0.15) is 28.3 Å². The summed E-state index contributed by atoms with van der Waals surface area (Å²) in [6, 6.07) is 13.4. The van der Waals surface area contributed by atoms with E-state index in [0.717, 1.165) is 6.42 Å². The number of hydrogen-bond acceptors (Lipinski definition) is 3. The largest absolute Gasteiger partial charge is 0.271 e. The van der Waals surface area contributed by atoms with Gasteiger partial charge in [-0.3, -0.25) is 11.3 Å². The van der Waals surface area contributed by atoms with Crippen LogP contribution in [0.2, 0.25) is 0 Å². The van der Waals surface area contributed by atoms with Crippen molar-refractivity contribution in [3.05, 3.63) is 57.8 Å². The molecule has 1 aliphatic carbocycles. The summed E-state index contributed by atoms with van der Waals surface area (Å²) in [7, 11) is 0. The number of thiophene rings is 1. The van der Waals surface area contributed by atoms with E-state index in [4.69, 9.17) is 5.84 Å². The van der Waals surface area contributed by atoms with Crippen molar-refractivity contribution in [2.24, 2.45) is 5.84 Å². The first-order chi connectivity index (χ1) is 8.88. The Kier molecular flexibility index (Phi) is 3.46. The maximum atomic E-state index is 5.78. The molecule has 2 nitrogen and oxygen atoms in total. The molecule has 1 aromatic carbocycles. The molecule has 3 rings (SSSR count). The van der Waals surface area contributed by atoms with Gasteiger partial charge in [0.15, 0.2) is 0 Å². The van der Waals surface area contributed by atoms with Gasteiger partial charge in [0.1, 0.15) is 0 Å². The Morgan fingerprint density at radius 1 is 1.28 bits per heavy atom. The van der Waals surface area contributed by atoms with Gasteiger partial charge >= 0.3 is 0 Å². The molecule has 0 saturated carbocycles. The first-order valence-corrected chi connectivity index (χ1v) is 7.33. The fraction of sp³-hybridized carbons (Fsp3) is 0.333. The van der Waals surface area contributed by atoms with Crippen molar-refractivity contribution in [3.63, 3.8) is 0 Å². The summed E-state index contributed by atoms with van der Waals surface area (Å²) in [4.78, 5) is 1.40. The second-order valence-corrected chi connectivity index (χ2v) is 5.93. The Morgan fingerprint density at radius 3 is 2.94 bits per heavy atom. The molecular formula is C15H18N2S. The van der Waals surface area contributed by atoms with Gasteiger partial charge in [-0.1, -0.05) is 30.3 Å². The molecule has 0 amide bonds. The predicted octanol–water partition coefficient (Wildman–Crippen LogP) is 2.85. The monoisotopic (exact) mass is 258 g/mol. The summed E-state index contributed by atoms with van der Waals surface area (Å²) in [6.45, 7) is 0. The lowest BCUT2D eigenvalue weighted by Crippen LogP contribution is -2.40. The minimum Gasteiger partial charge on any atom is -0.271 e. The third-order valence-corrected chi connectivity index (χ3v) is 4.78. The molecule has 1 aromatic heterocycles. The number of hydrazine groups is 1. The van der Waals surface area contributed by atoms with Gasteiger partial charge in [-0.2, -0.15) is 0 Å². The van der Waals surface area contributed by atoms with Crippen LogP contribution in [-0.4, -0.2) is 6.04 Å². The summed E-state index contributed by atoms with van der Waals surface area (Å²) in [5, 5.41) is 2.13. The van der Waals surface area contributed by atoms with Crippen molar-refractivity contribution in [1.82, 2.24) is 5.43 Å². The number of hydrogen-bond donors (Lipinski definition) is 2. The third-order valence-electron chi connectivity index (χ3n) is 3.88. The Hall–Kier alpha value is -1.16. The molecule has 18 heavy (non-hydrogen) atoms. The van der Waals surface area contributed by atoms with Crippen molar-refractivity contribution in [2.45, 2.75) is 31.2 Å². The second-order valence-electron chi connectivity index (χ2n) is 4.90. The Morgan fingerprint density at radius 2 is 2.17 bits per heavy atom. The fourth-order valence-electron chi connectivity index (χ4n) is 2.97. The van der Waals surface area contributed by atoms with Crippen LogP contribution in [0.15, 0.2) is 41.8 Å². The molecule has 0 bridgehead atoms. The molecule has 0 saturated heterocycles. The Bertz CT molecular complexity index is 507. The number of benzene rings is 1.